The first-order valence-electron chi connectivity index (χ1n) is 12.4. The molecule has 30 heavy (non-hydrogen) atoms. The summed E-state index contributed by atoms with van der Waals surface area (Å²) in [6, 6.07) is 1.43. The topological polar surface area (TPSA) is 52.1 Å². The maximum Gasteiger partial charge on any atom is 0.191 e. The second-order valence-corrected chi connectivity index (χ2v) is 9.62. The van der Waals surface area contributed by atoms with E-state index >= 15 is 0 Å². The number of nitrogens with zero attached hydrogens (tertiary/aromatic N) is 3. The number of aliphatic imine (C=N–C) groups is 1. The Labute approximate surface area is 201 Å². The minimum Gasteiger partial charge on any atom is -0.381 e. The lowest BCUT2D eigenvalue weighted by Crippen LogP contribution is -2.54. The molecular weight excluding hydrogens is 489 g/mol. The summed E-state index contributed by atoms with van der Waals surface area (Å²) < 4.78 is 5.70. The van der Waals surface area contributed by atoms with Crippen LogP contribution in [-0.2, 0) is 4.74 Å². The van der Waals surface area contributed by atoms with Crippen LogP contribution in [0.4, 0.5) is 0 Å². The summed E-state index contributed by atoms with van der Waals surface area (Å²) >= 11 is 0. The second kappa shape index (κ2) is 12.2. The fourth-order valence-corrected chi connectivity index (χ4v) is 5.94. The average Bonchev–Trinajstić information content (AvgIpc) is 3.48. The van der Waals surface area contributed by atoms with E-state index < -0.39 is 0 Å². The highest BCUT2D eigenvalue weighted by molar-refractivity contribution is 14.0. The number of likely N-dealkylation sites (tertiary alicyclic amines) is 2. The van der Waals surface area contributed by atoms with Gasteiger partial charge in [0.15, 0.2) is 5.96 Å². The van der Waals surface area contributed by atoms with E-state index in [-0.39, 0.29) is 29.5 Å². The summed E-state index contributed by atoms with van der Waals surface area (Å²) in [6.07, 6.45) is 13.1. The lowest BCUT2D eigenvalue weighted by molar-refractivity contribution is -0.0139. The van der Waals surface area contributed by atoms with Crippen LogP contribution in [0.2, 0.25) is 0 Å². The van der Waals surface area contributed by atoms with Crippen molar-refractivity contribution in [3.8, 4) is 0 Å². The summed E-state index contributed by atoms with van der Waals surface area (Å²) in [5.41, 5.74) is 0.211. The van der Waals surface area contributed by atoms with Crippen LogP contribution < -0.4 is 10.6 Å². The van der Waals surface area contributed by atoms with E-state index in [0.717, 1.165) is 51.1 Å². The molecule has 0 amide bonds. The molecule has 3 saturated heterocycles. The van der Waals surface area contributed by atoms with E-state index in [0.29, 0.717) is 6.04 Å². The monoisotopic (exact) mass is 533 g/mol. The van der Waals surface area contributed by atoms with Gasteiger partial charge in [0.1, 0.15) is 0 Å². The van der Waals surface area contributed by atoms with Gasteiger partial charge >= 0.3 is 0 Å². The third kappa shape index (κ3) is 6.23. The minimum atomic E-state index is 0. The van der Waals surface area contributed by atoms with Crippen LogP contribution in [0.1, 0.15) is 71.1 Å². The third-order valence-electron chi connectivity index (χ3n) is 7.79. The first-order valence-corrected chi connectivity index (χ1v) is 12.4. The molecule has 7 heteroatoms. The van der Waals surface area contributed by atoms with Crippen LogP contribution in [0.15, 0.2) is 4.99 Å². The second-order valence-electron chi connectivity index (χ2n) is 9.62. The Morgan fingerprint density at radius 2 is 1.63 bits per heavy atom. The van der Waals surface area contributed by atoms with Gasteiger partial charge in [-0.3, -0.25) is 9.89 Å². The number of halogens is 1. The molecule has 3 aliphatic heterocycles. The van der Waals surface area contributed by atoms with Crippen molar-refractivity contribution < 1.29 is 4.74 Å². The van der Waals surface area contributed by atoms with Gasteiger partial charge in [-0.2, -0.15) is 0 Å². The van der Waals surface area contributed by atoms with Crippen LogP contribution >= 0.6 is 24.0 Å². The smallest absolute Gasteiger partial charge is 0.191 e. The van der Waals surface area contributed by atoms with Crippen LogP contribution in [0.3, 0.4) is 0 Å². The van der Waals surface area contributed by atoms with E-state index in [1.807, 2.05) is 0 Å². The van der Waals surface area contributed by atoms with Crippen LogP contribution in [0.25, 0.3) is 0 Å². The van der Waals surface area contributed by atoms with Crippen molar-refractivity contribution in [2.75, 3.05) is 52.5 Å². The SMILES string of the molecule is CCNC(=NCC1(N2CCCC2)CCOCC1)NC1CCN(C2CCCC2)CC1.I. The normalized spacial score (nSPS) is 27.2. The molecule has 0 unspecified atom stereocenters. The Hall–Kier alpha value is -0.120. The molecule has 2 N–H and O–H groups in total. The molecule has 0 aromatic rings. The van der Waals surface area contributed by atoms with E-state index in [1.54, 1.807) is 0 Å². The van der Waals surface area contributed by atoms with Gasteiger partial charge in [-0.1, -0.05) is 12.8 Å². The number of piperidine rings is 1. The molecule has 4 aliphatic rings. The average molecular weight is 534 g/mol. The van der Waals surface area contributed by atoms with E-state index in [4.69, 9.17) is 9.73 Å². The largest absolute Gasteiger partial charge is 0.381 e. The van der Waals surface area contributed by atoms with Crippen molar-refractivity contribution in [3.05, 3.63) is 0 Å². The number of ether oxygens (including phenoxy) is 1. The molecule has 1 saturated carbocycles. The van der Waals surface area contributed by atoms with Gasteiger partial charge in [0.2, 0.25) is 0 Å². The molecule has 4 rings (SSSR count). The number of rotatable bonds is 6. The van der Waals surface area contributed by atoms with Gasteiger partial charge in [-0.05, 0) is 71.4 Å². The van der Waals surface area contributed by atoms with Gasteiger partial charge in [0.25, 0.3) is 0 Å². The highest BCUT2D eigenvalue weighted by Crippen LogP contribution is 2.32. The molecule has 0 atom stereocenters. The predicted molar refractivity (Wildman–Crippen MR) is 135 cm³/mol. The number of hydrogen-bond acceptors (Lipinski definition) is 4. The van der Waals surface area contributed by atoms with Crippen molar-refractivity contribution in [1.82, 2.24) is 20.4 Å². The maximum absolute atomic E-state index is 5.70. The maximum atomic E-state index is 5.70. The summed E-state index contributed by atoms with van der Waals surface area (Å²) in [5.74, 6) is 1.02. The Kier molecular flexibility index (Phi) is 9.98. The summed E-state index contributed by atoms with van der Waals surface area (Å²) in [5, 5.41) is 7.30. The molecule has 3 heterocycles. The Balaban J connectivity index is 0.00000256. The highest BCUT2D eigenvalue weighted by Gasteiger charge is 2.39. The van der Waals surface area contributed by atoms with Crippen LogP contribution in [-0.4, -0.2) is 85.9 Å². The Morgan fingerprint density at radius 3 is 2.27 bits per heavy atom. The number of nitrogens with one attached hydrogen (secondary N) is 2. The molecule has 0 radical (unpaired) electrons. The number of hydrogen-bond donors (Lipinski definition) is 2. The van der Waals surface area contributed by atoms with Crippen LogP contribution in [0.5, 0.6) is 0 Å². The van der Waals surface area contributed by atoms with Gasteiger partial charge in [0.05, 0.1) is 6.54 Å². The quantitative estimate of drug-likeness (QED) is 0.312. The molecule has 4 fully saturated rings. The fraction of sp³-hybridized carbons (Fsp3) is 0.957. The standard InChI is InChI=1S/C23H43N5O.HI/c1-2-24-22(26-20-9-15-27(16-10-20)21-7-3-4-8-21)25-19-23(11-17-29-18-12-23)28-13-5-6-14-28;/h20-21H,2-19H2,1H3,(H2,24,25,26);1H. The first kappa shape index (κ1) is 24.5. The zero-order chi connectivity index (χ0) is 19.9. The molecule has 0 aromatic carbocycles. The molecule has 6 nitrogen and oxygen atoms in total. The number of guanidine groups is 1. The van der Waals surface area contributed by atoms with Crippen molar-refractivity contribution in [2.45, 2.75) is 88.8 Å². The zero-order valence-corrected chi connectivity index (χ0v) is 21.4. The fourth-order valence-electron chi connectivity index (χ4n) is 5.94. The van der Waals surface area contributed by atoms with Gasteiger partial charge in [-0.25, -0.2) is 0 Å². The molecule has 0 bridgehead atoms. The van der Waals surface area contributed by atoms with Crippen molar-refractivity contribution in [2.24, 2.45) is 4.99 Å². The van der Waals surface area contributed by atoms with E-state index in [1.165, 1.54) is 77.5 Å². The molecular formula is C23H44IN5O. The zero-order valence-electron chi connectivity index (χ0n) is 19.0. The first-order chi connectivity index (χ1) is 14.3. The van der Waals surface area contributed by atoms with Gasteiger partial charge in [0, 0.05) is 50.5 Å². The Morgan fingerprint density at radius 1 is 0.967 bits per heavy atom. The summed E-state index contributed by atoms with van der Waals surface area (Å²) in [7, 11) is 0. The Bertz CT molecular complexity index is 520. The predicted octanol–water partition coefficient (Wildman–Crippen LogP) is 3.21. The van der Waals surface area contributed by atoms with Crippen molar-refractivity contribution in [3.63, 3.8) is 0 Å². The lowest BCUT2D eigenvalue weighted by atomic mass is 9.88. The summed E-state index contributed by atoms with van der Waals surface area (Å²) in [4.78, 5) is 10.6. The van der Waals surface area contributed by atoms with Gasteiger partial charge < -0.3 is 20.3 Å². The van der Waals surface area contributed by atoms with E-state index in [9.17, 15) is 0 Å². The van der Waals surface area contributed by atoms with Crippen LogP contribution in [0, 0.1) is 0 Å². The minimum absolute atomic E-state index is 0. The molecule has 0 aromatic heterocycles. The molecule has 0 spiro atoms. The highest BCUT2D eigenvalue weighted by atomic mass is 127. The summed E-state index contributed by atoms with van der Waals surface area (Å²) in [6.45, 7) is 10.7. The van der Waals surface area contributed by atoms with E-state index in [2.05, 4.69) is 27.4 Å². The lowest BCUT2D eigenvalue weighted by Gasteiger charge is -2.43. The van der Waals surface area contributed by atoms with Crippen molar-refractivity contribution >= 4 is 29.9 Å². The third-order valence-corrected chi connectivity index (χ3v) is 7.79. The van der Waals surface area contributed by atoms with Crippen molar-refractivity contribution in [1.29, 1.82) is 0 Å². The molecule has 174 valence electrons. The van der Waals surface area contributed by atoms with Gasteiger partial charge in [-0.15, -0.1) is 24.0 Å². The molecule has 1 aliphatic carbocycles.